The normalized spacial score (nSPS) is 23.8. The predicted octanol–water partition coefficient (Wildman–Crippen LogP) is 1.36. The van der Waals surface area contributed by atoms with Crippen molar-refractivity contribution in [3.05, 3.63) is 18.6 Å². The van der Waals surface area contributed by atoms with Gasteiger partial charge in [-0.15, -0.1) is 0 Å². The van der Waals surface area contributed by atoms with Crippen LogP contribution in [0.3, 0.4) is 0 Å². The van der Waals surface area contributed by atoms with E-state index in [2.05, 4.69) is 29.1 Å². The van der Waals surface area contributed by atoms with E-state index in [1.807, 2.05) is 7.05 Å². The van der Waals surface area contributed by atoms with E-state index in [0.717, 1.165) is 19.3 Å². The fourth-order valence-electron chi connectivity index (χ4n) is 2.53. The molecular formula is C13H20N4O. The molecule has 1 N–H and O–H groups in total. The van der Waals surface area contributed by atoms with Crippen molar-refractivity contribution in [1.82, 2.24) is 15.3 Å². The summed E-state index contributed by atoms with van der Waals surface area (Å²) in [7, 11) is 1.83. The van der Waals surface area contributed by atoms with Crippen LogP contribution in [0.15, 0.2) is 18.6 Å². The summed E-state index contributed by atoms with van der Waals surface area (Å²) in [6.07, 6.45) is 7.76. The summed E-state index contributed by atoms with van der Waals surface area (Å²) >= 11 is 0. The van der Waals surface area contributed by atoms with Crippen LogP contribution >= 0.6 is 0 Å². The van der Waals surface area contributed by atoms with Crippen LogP contribution in [-0.2, 0) is 4.79 Å². The average molecular weight is 248 g/mol. The first kappa shape index (κ1) is 13.0. The van der Waals surface area contributed by atoms with Crippen molar-refractivity contribution in [2.24, 2.45) is 0 Å². The van der Waals surface area contributed by atoms with E-state index < -0.39 is 0 Å². The molecule has 1 unspecified atom stereocenters. The van der Waals surface area contributed by atoms with Gasteiger partial charge in [-0.2, -0.15) is 0 Å². The van der Waals surface area contributed by atoms with E-state index >= 15 is 0 Å². The SMILES string of the molecule is CNC1CCCC(C)(C)N(c2cnccn2)C1=O. The first-order valence-electron chi connectivity index (χ1n) is 6.33. The standard InChI is InChI=1S/C13H20N4O/c1-13(2)6-4-5-10(14-3)12(18)17(13)11-9-15-7-8-16-11/h7-10,14H,4-6H2,1-3H3. The summed E-state index contributed by atoms with van der Waals surface area (Å²) in [5, 5.41) is 3.09. The minimum Gasteiger partial charge on any atom is -0.309 e. The lowest BCUT2D eigenvalue weighted by molar-refractivity contribution is -0.121. The topological polar surface area (TPSA) is 58.1 Å². The Hall–Kier alpha value is -1.49. The van der Waals surface area contributed by atoms with Gasteiger partial charge in [-0.1, -0.05) is 0 Å². The maximum Gasteiger partial charge on any atom is 0.245 e. The van der Waals surface area contributed by atoms with Crippen molar-refractivity contribution >= 4 is 11.7 Å². The largest absolute Gasteiger partial charge is 0.309 e. The lowest BCUT2D eigenvalue weighted by Crippen LogP contribution is -2.53. The van der Waals surface area contributed by atoms with Crippen molar-refractivity contribution < 1.29 is 4.79 Å². The Kier molecular flexibility index (Phi) is 3.61. The molecule has 1 aliphatic heterocycles. The summed E-state index contributed by atoms with van der Waals surface area (Å²) in [5.41, 5.74) is -0.223. The van der Waals surface area contributed by atoms with Gasteiger partial charge in [0, 0.05) is 17.9 Å². The summed E-state index contributed by atoms with van der Waals surface area (Å²) in [4.78, 5) is 22.7. The Morgan fingerprint density at radius 3 is 2.83 bits per heavy atom. The Balaban J connectivity index is 2.40. The minimum atomic E-state index is -0.223. The van der Waals surface area contributed by atoms with Crippen LogP contribution in [0, 0.1) is 0 Å². The molecule has 0 radical (unpaired) electrons. The van der Waals surface area contributed by atoms with E-state index in [1.165, 1.54) is 0 Å². The first-order chi connectivity index (χ1) is 8.56. The van der Waals surface area contributed by atoms with E-state index in [4.69, 9.17) is 0 Å². The average Bonchev–Trinajstić information content (AvgIpc) is 2.46. The molecular weight excluding hydrogens is 228 g/mol. The van der Waals surface area contributed by atoms with E-state index in [-0.39, 0.29) is 17.5 Å². The highest BCUT2D eigenvalue weighted by Gasteiger charge is 2.38. The second-order valence-corrected chi connectivity index (χ2v) is 5.28. The zero-order valence-corrected chi connectivity index (χ0v) is 11.2. The zero-order chi connectivity index (χ0) is 13.2. The van der Waals surface area contributed by atoms with Crippen molar-refractivity contribution in [2.75, 3.05) is 11.9 Å². The van der Waals surface area contributed by atoms with Crippen LogP contribution in [0.4, 0.5) is 5.82 Å². The van der Waals surface area contributed by atoms with Gasteiger partial charge in [-0.3, -0.25) is 14.7 Å². The van der Waals surface area contributed by atoms with Crippen LogP contribution < -0.4 is 10.2 Å². The Morgan fingerprint density at radius 1 is 1.44 bits per heavy atom. The maximum absolute atomic E-state index is 12.6. The lowest BCUT2D eigenvalue weighted by Gasteiger charge is -2.37. The second-order valence-electron chi connectivity index (χ2n) is 5.28. The number of anilines is 1. The summed E-state index contributed by atoms with van der Waals surface area (Å²) in [5.74, 6) is 0.718. The number of nitrogens with zero attached hydrogens (tertiary/aromatic N) is 3. The van der Waals surface area contributed by atoms with Crippen molar-refractivity contribution in [3.8, 4) is 0 Å². The molecule has 98 valence electrons. The van der Waals surface area contributed by atoms with Gasteiger partial charge in [0.2, 0.25) is 5.91 Å². The number of rotatable bonds is 2. The van der Waals surface area contributed by atoms with Gasteiger partial charge in [0.1, 0.15) is 0 Å². The van der Waals surface area contributed by atoms with Gasteiger partial charge in [-0.25, -0.2) is 4.98 Å². The van der Waals surface area contributed by atoms with Gasteiger partial charge in [0.25, 0.3) is 0 Å². The monoisotopic (exact) mass is 248 g/mol. The molecule has 2 rings (SSSR count). The quantitative estimate of drug-likeness (QED) is 0.858. The fourth-order valence-corrected chi connectivity index (χ4v) is 2.53. The highest BCUT2D eigenvalue weighted by molar-refractivity contribution is 5.97. The number of hydrogen-bond donors (Lipinski definition) is 1. The second kappa shape index (κ2) is 5.02. The molecule has 5 heteroatoms. The molecule has 0 aromatic carbocycles. The first-order valence-corrected chi connectivity index (χ1v) is 6.33. The minimum absolute atomic E-state index is 0.0838. The van der Waals surface area contributed by atoms with Gasteiger partial charge in [0.15, 0.2) is 5.82 Å². The number of carbonyl (C=O) groups is 1. The molecule has 1 fully saturated rings. The highest BCUT2D eigenvalue weighted by Crippen LogP contribution is 2.30. The molecule has 1 aliphatic rings. The third-order valence-electron chi connectivity index (χ3n) is 3.53. The Labute approximate surface area is 108 Å². The van der Waals surface area contributed by atoms with Crippen molar-refractivity contribution in [1.29, 1.82) is 0 Å². The van der Waals surface area contributed by atoms with E-state index in [9.17, 15) is 4.79 Å². The third kappa shape index (κ3) is 2.36. The Morgan fingerprint density at radius 2 is 2.22 bits per heavy atom. The van der Waals surface area contributed by atoms with Crippen LogP contribution in [-0.4, -0.2) is 34.5 Å². The van der Waals surface area contributed by atoms with Crippen LogP contribution in [0.1, 0.15) is 33.1 Å². The van der Waals surface area contributed by atoms with Gasteiger partial charge in [0.05, 0.1) is 12.2 Å². The zero-order valence-electron chi connectivity index (χ0n) is 11.2. The van der Waals surface area contributed by atoms with Crippen LogP contribution in [0.2, 0.25) is 0 Å². The number of hydrogen-bond acceptors (Lipinski definition) is 4. The van der Waals surface area contributed by atoms with Crippen LogP contribution in [0.5, 0.6) is 0 Å². The van der Waals surface area contributed by atoms with Gasteiger partial charge < -0.3 is 5.32 Å². The molecule has 1 aromatic rings. The number of amides is 1. The Bertz CT molecular complexity index is 418. The smallest absolute Gasteiger partial charge is 0.245 e. The predicted molar refractivity (Wildman–Crippen MR) is 70.3 cm³/mol. The molecule has 2 heterocycles. The summed E-state index contributed by atoms with van der Waals surface area (Å²) in [6.45, 7) is 4.16. The number of aromatic nitrogens is 2. The molecule has 1 saturated heterocycles. The summed E-state index contributed by atoms with van der Waals surface area (Å²) < 4.78 is 0. The number of carbonyl (C=O) groups excluding carboxylic acids is 1. The van der Waals surface area contributed by atoms with Crippen molar-refractivity contribution in [2.45, 2.75) is 44.7 Å². The molecule has 5 nitrogen and oxygen atoms in total. The van der Waals surface area contributed by atoms with Gasteiger partial charge >= 0.3 is 0 Å². The van der Waals surface area contributed by atoms with E-state index in [1.54, 1.807) is 23.5 Å². The molecule has 1 amide bonds. The molecule has 0 aliphatic carbocycles. The number of likely N-dealkylation sites (N-methyl/N-ethyl adjacent to an activating group) is 1. The molecule has 1 atom stereocenters. The fraction of sp³-hybridized carbons (Fsp3) is 0.615. The third-order valence-corrected chi connectivity index (χ3v) is 3.53. The van der Waals surface area contributed by atoms with Crippen LogP contribution in [0.25, 0.3) is 0 Å². The molecule has 0 saturated carbocycles. The highest BCUT2D eigenvalue weighted by atomic mass is 16.2. The lowest BCUT2D eigenvalue weighted by atomic mass is 9.97. The van der Waals surface area contributed by atoms with E-state index in [0.29, 0.717) is 5.82 Å². The maximum atomic E-state index is 12.6. The summed E-state index contributed by atoms with van der Waals surface area (Å²) in [6, 6.07) is -0.131. The molecule has 0 bridgehead atoms. The molecule has 1 aromatic heterocycles. The molecule has 18 heavy (non-hydrogen) atoms. The van der Waals surface area contributed by atoms with Crippen molar-refractivity contribution in [3.63, 3.8) is 0 Å². The number of nitrogens with one attached hydrogen (secondary N) is 1. The van der Waals surface area contributed by atoms with Gasteiger partial charge in [-0.05, 0) is 40.2 Å². The molecule has 0 spiro atoms.